The number of nitrogens with zero attached hydrogens (tertiary/aromatic N) is 1. The second kappa shape index (κ2) is 12.2. The van der Waals surface area contributed by atoms with Crippen LogP contribution in [0.4, 0.5) is 0 Å². The summed E-state index contributed by atoms with van der Waals surface area (Å²) in [6, 6.07) is 21.5. The number of methoxy groups -OCH3 is 1. The summed E-state index contributed by atoms with van der Waals surface area (Å²) in [5, 5.41) is 0. The Labute approximate surface area is 176 Å². The van der Waals surface area contributed by atoms with Gasteiger partial charge in [-0.05, 0) is 35.8 Å². The molecular formula is C26H35NO2. The highest BCUT2D eigenvalue weighted by Crippen LogP contribution is 2.28. The number of carbonyl (C=O) groups excluding carboxylic acids is 1. The van der Waals surface area contributed by atoms with Crippen LogP contribution < -0.4 is 0 Å². The molecule has 0 aliphatic carbocycles. The molecule has 2 aromatic rings. The molecule has 3 nitrogen and oxygen atoms in total. The van der Waals surface area contributed by atoms with Crippen LogP contribution in [0.5, 0.6) is 0 Å². The van der Waals surface area contributed by atoms with Gasteiger partial charge in [0.05, 0.1) is 7.11 Å². The summed E-state index contributed by atoms with van der Waals surface area (Å²) < 4.78 is 4.87. The molecule has 0 unspecified atom stereocenters. The number of benzene rings is 2. The average molecular weight is 394 g/mol. The molecule has 0 aliphatic rings. The number of rotatable bonds is 12. The molecule has 0 N–H and O–H groups in total. The largest absolute Gasteiger partial charge is 0.469 e. The number of carbonyl (C=O) groups is 1. The Kier molecular flexibility index (Phi) is 9.66. The molecule has 3 heteroatoms. The number of hydrogen-bond acceptors (Lipinski definition) is 3. The van der Waals surface area contributed by atoms with Gasteiger partial charge in [0.15, 0.2) is 0 Å². The van der Waals surface area contributed by atoms with Gasteiger partial charge in [-0.2, -0.15) is 0 Å². The van der Waals surface area contributed by atoms with E-state index in [0.29, 0.717) is 18.4 Å². The van der Waals surface area contributed by atoms with Crippen LogP contribution in [-0.2, 0) is 22.6 Å². The molecule has 0 radical (unpaired) electrons. The summed E-state index contributed by atoms with van der Waals surface area (Å²) in [4.78, 5) is 14.3. The van der Waals surface area contributed by atoms with E-state index >= 15 is 0 Å². The maximum atomic E-state index is 11.8. The minimum Gasteiger partial charge on any atom is -0.469 e. The van der Waals surface area contributed by atoms with Crippen molar-refractivity contribution >= 4 is 5.97 Å². The SMILES string of the molecule is C=C[C@@H](CCC(=O)OC)[C@H](CC(C)C)N(Cc1ccccc1)Cc1ccccc1. The first-order valence-corrected chi connectivity index (χ1v) is 10.5. The van der Waals surface area contributed by atoms with E-state index < -0.39 is 0 Å². The predicted molar refractivity (Wildman–Crippen MR) is 120 cm³/mol. The van der Waals surface area contributed by atoms with Crippen molar-refractivity contribution in [1.29, 1.82) is 0 Å². The summed E-state index contributed by atoms with van der Waals surface area (Å²) in [6.45, 7) is 10.4. The van der Waals surface area contributed by atoms with Gasteiger partial charge in [0.1, 0.15) is 0 Å². The van der Waals surface area contributed by atoms with Crippen LogP contribution >= 0.6 is 0 Å². The van der Waals surface area contributed by atoms with Crippen LogP contribution in [0.2, 0.25) is 0 Å². The molecule has 0 aliphatic heterocycles. The molecule has 29 heavy (non-hydrogen) atoms. The van der Waals surface area contributed by atoms with Gasteiger partial charge in [0.25, 0.3) is 0 Å². The normalized spacial score (nSPS) is 13.3. The molecule has 0 aromatic heterocycles. The van der Waals surface area contributed by atoms with E-state index in [4.69, 9.17) is 4.74 Å². The summed E-state index contributed by atoms with van der Waals surface area (Å²) in [7, 11) is 1.45. The third kappa shape index (κ3) is 7.86. The van der Waals surface area contributed by atoms with E-state index in [1.807, 2.05) is 6.08 Å². The van der Waals surface area contributed by atoms with Gasteiger partial charge in [0.2, 0.25) is 0 Å². The molecule has 0 saturated heterocycles. The third-order valence-corrected chi connectivity index (χ3v) is 5.35. The standard InChI is InChI=1S/C26H35NO2/c1-5-24(16-17-26(28)29-4)25(18-21(2)3)27(19-22-12-8-6-9-13-22)20-23-14-10-7-11-15-23/h5-15,21,24-25H,1,16-20H2,2-4H3/t24-,25-/m0/s1. The molecule has 2 atom stereocenters. The van der Waals surface area contributed by atoms with Gasteiger partial charge in [0, 0.05) is 25.6 Å². The Bertz CT molecular complexity index is 685. The Hall–Kier alpha value is -2.39. The number of hydrogen-bond donors (Lipinski definition) is 0. The molecule has 2 rings (SSSR count). The van der Waals surface area contributed by atoms with Gasteiger partial charge in [-0.25, -0.2) is 0 Å². The zero-order valence-electron chi connectivity index (χ0n) is 18.1. The van der Waals surface area contributed by atoms with Crippen LogP contribution in [0.1, 0.15) is 44.2 Å². The van der Waals surface area contributed by atoms with Crippen LogP contribution in [-0.4, -0.2) is 24.0 Å². The minimum absolute atomic E-state index is 0.155. The Morgan fingerprint density at radius 1 is 1.00 bits per heavy atom. The van der Waals surface area contributed by atoms with Crippen molar-refractivity contribution in [2.45, 2.75) is 52.2 Å². The van der Waals surface area contributed by atoms with Crippen LogP contribution in [0, 0.1) is 11.8 Å². The lowest BCUT2D eigenvalue weighted by molar-refractivity contribution is -0.141. The van der Waals surface area contributed by atoms with Gasteiger partial charge in [-0.1, -0.05) is 80.6 Å². The summed E-state index contributed by atoms with van der Waals surface area (Å²) in [6.07, 6.45) is 4.26. The molecule has 156 valence electrons. The molecule has 0 amide bonds. The first-order valence-electron chi connectivity index (χ1n) is 10.5. The van der Waals surface area contributed by atoms with Crippen LogP contribution in [0.25, 0.3) is 0 Å². The Balaban J connectivity index is 2.30. The lowest BCUT2D eigenvalue weighted by atomic mass is 9.86. The molecular weight excluding hydrogens is 358 g/mol. The molecule has 0 bridgehead atoms. The molecule has 2 aromatic carbocycles. The highest BCUT2D eigenvalue weighted by Gasteiger charge is 2.27. The monoisotopic (exact) mass is 393 g/mol. The van der Waals surface area contributed by atoms with Gasteiger partial charge in [-0.15, -0.1) is 6.58 Å². The molecule has 0 fully saturated rings. The first-order chi connectivity index (χ1) is 14.0. The Morgan fingerprint density at radius 3 is 1.93 bits per heavy atom. The van der Waals surface area contributed by atoms with Gasteiger partial charge in [-0.3, -0.25) is 9.69 Å². The van der Waals surface area contributed by atoms with Crippen molar-refractivity contribution in [3.8, 4) is 0 Å². The van der Waals surface area contributed by atoms with Gasteiger partial charge < -0.3 is 4.74 Å². The second-order valence-corrected chi connectivity index (χ2v) is 8.09. The van der Waals surface area contributed by atoms with E-state index in [1.54, 1.807) is 0 Å². The number of ether oxygens (including phenoxy) is 1. The molecule has 0 saturated carbocycles. The quantitative estimate of drug-likeness (QED) is 0.334. The van der Waals surface area contributed by atoms with Gasteiger partial charge >= 0.3 is 5.97 Å². The summed E-state index contributed by atoms with van der Waals surface area (Å²) >= 11 is 0. The smallest absolute Gasteiger partial charge is 0.305 e. The zero-order chi connectivity index (χ0) is 21.1. The lowest BCUT2D eigenvalue weighted by Crippen LogP contribution is -2.40. The predicted octanol–water partition coefficient (Wildman–Crippen LogP) is 5.86. The van der Waals surface area contributed by atoms with E-state index in [-0.39, 0.29) is 11.9 Å². The topological polar surface area (TPSA) is 29.5 Å². The fourth-order valence-corrected chi connectivity index (χ4v) is 3.86. The average Bonchev–Trinajstić information content (AvgIpc) is 2.74. The molecule has 0 spiro atoms. The van der Waals surface area contributed by atoms with Crippen molar-refractivity contribution in [2.24, 2.45) is 11.8 Å². The van der Waals surface area contributed by atoms with Crippen molar-refractivity contribution in [1.82, 2.24) is 4.90 Å². The molecule has 0 heterocycles. The van der Waals surface area contributed by atoms with E-state index in [9.17, 15) is 4.79 Å². The second-order valence-electron chi connectivity index (χ2n) is 8.09. The maximum absolute atomic E-state index is 11.8. The minimum atomic E-state index is -0.155. The number of esters is 1. The first kappa shape index (κ1) is 22.9. The fraction of sp³-hybridized carbons (Fsp3) is 0.423. The maximum Gasteiger partial charge on any atom is 0.305 e. The lowest BCUT2D eigenvalue weighted by Gasteiger charge is -2.37. The van der Waals surface area contributed by atoms with E-state index in [1.165, 1.54) is 18.2 Å². The summed E-state index contributed by atoms with van der Waals surface area (Å²) in [5.41, 5.74) is 2.60. The van der Waals surface area contributed by atoms with E-state index in [2.05, 4.69) is 86.0 Å². The third-order valence-electron chi connectivity index (χ3n) is 5.35. The zero-order valence-corrected chi connectivity index (χ0v) is 18.1. The van der Waals surface area contributed by atoms with Crippen LogP contribution in [0.15, 0.2) is 73.3 Å². The fourth-order valence-electron chi connectivity index (χ4n) is 3.86. The van der Waals surface area contributed by atoms with Crippen LogP contribution in [0.3, 0.4) is 0 Å². The van der Waals surface area contributed by atoms with Crippen molar-refractivity contribution < 1.29 is 9.53 Å². The summed E-state index contributed by atoms with van der Waals surface area (Å²) in [5.74, 6) is 0.622. The highest BCUT2D eigenvalue weighted by molar-refractivity contribution is 5.69. The van der Waals surface area contributed by atoms with Crippen molar-refractivity contribution in [3.05, 3.63) is 84.4 Å². The van der Waals surface area contributed by atoms with Crippen molar-refractivity contribution in [3.63, 3.8) is 0 Å². The Morgan fingerprint density at radius 2 is 1.52 bits per heavy atom. The van der Waals surface area contributed by atoms with E-state index in [0.717, 1.165) is 25.9 Å². The van der Waals surface area contributed by atoms with Crippen molar-refractivity contribution in [2.75, 3.05) is 7.11 Å². The highest BCUT2D eigenvalue weighted by atomic mass is 16.5.